The van der Waals surface area contributed by atoms with E-state index in [4.69, 9.17) is 0 Å². The Kier molecular flexibility index (Phi) is 7.17. The molecule has 1 atom stereocenters. The second-order valence-electron chi connectivity index (χ2n) is 8.00. The Morgan fingerprint density at radius 2 is 1.79 bits per heavy atom. The van der Waals surface area contributed by atoms with Gasteiger partial charge in [0, 0.05) is 30.3 Å². The summed E-state index contributed by atoms with van der Waals surface area (Å²) in [6.45, 7) is 2.10. The van der Waals surface area contributed by atoms with Crippen LogP contribution in [0.5, 0.6) is 0 Å². The quantitative estimate of drug-likeness (QED) is 0.303. The molecule has 8 heteroatoms. The number of benzene rings is 2. The summed E-state index contributed by atoms with van der Waals surface area (Å²) in [6, 6.07) is 19.9. The van der Waals surface area contributed by atoms with Gasteiger partial charge in [-0.3, -0.25) is 9.59 Å². The number of methoxy groups -OCH3 is 1. The summed E-state index contributed by atoms with van der Waals surface area (Å²) < 4.78 is 4.59. The molecule has 0 aliphatic rings. The van der Waals surface area contributed by atoms with Gasteiger partial charge in [-0.1, -0.05) is 42.5 Å². The third-order valence-corrected chi connectivity index (χ3v) is 5.57. The van der Waals surface area contributed by atoms with Gasteiger partial charge in [0.15, 0.2) is 0 Å². The molecule has 4 rings (SSSR count). The minimum absolute atomic E-state index is 0.0909. The van der Waals surface area contributed by atoms with Gasteiger partial charge in [-0.15, -0.1) is 0 Å². The normalized spacial score (nSPS) is 11.7. The molecule has 0 aliphatic carbocycles. The molecule has 2 aromatic carbocycles. The average molecular weight is 458 g/mol. The Morgan fingerprint density at radius 3 is 2.53 bits per heavy atom. The van der Waals surface area contributed by atoms with E-state index in [1.807, 2.05) is 48.5 Å². The van der Waals surface area contributed by atoms with Gasteiger partial charge in [0.25, 0.3) is 0 Å². The molecule has 0 fully saturated rings. The molecule has 0 saturated heterocycles. The highest BCUT2D eigenvalue weighted by Gasteiger charge is 2.13. The van der Waals surface area contributed by atoms with Gasteiger partial charge in [0.1, 0.15) is 17.8 Å². The number of H-pyrrole nitrogens is 1. The van der Waals surface area contributed by atoms with Crippen LogP contribution in [-0.2, 0) is 14.3 Å². The molecule has 174 valence electrons. The van der Waals surface area contributed by atoms with Gasteiger partial charge < -0.3 is 20.4 Å². The van der Waals surface area contributed by atoms with Crippen molar-refractivity contribution in [3.8, 4) is 11.3 Å². The Bertz CT molecular complexity index is 1270. The molecular formula is C26H27N5O3. The zero-order valence-electron chi connectivity index (χ0n) is 19.2. The van der Waals surface area contributed by atoms with Crippen molar-refractivity contribution in [3.63, 3.8) is 0 Å². The maximum absolute atomic E-state index is 12.1. The molecule has 3 N–H and O–H groups in total. The van der Waals surface area contributed by atoms with Crippen molar-refractivity contribution in [1.82, 2.24) is 15.0 Å². The third-order valence-electron chi connectivity index (χ3n) is 5.57. The van der Waals surface area contributed by atoms with E-state index in [1.54, 1.807) is 6.33 Å². The Morgan fingerprint density at radius 1 is 1.03 bits per heavy atom. The number of aromatic nitrogens is 3. The minimum atomic E-state index is -0.312. The number of aromatic amines is 1. The van der Waals surface area contributed by atoms with Crippen LogP contribution in [0.25, 0.3) is 22.3 Å². The van der Waals surface area contributed by atoms with Crippen LogP contribution in [-0.4, -0.2) is 33.9 Å². The molecule has 4 aromatic rings. The van der Waals surface area contributed by atoms with Crippen molar-refractivity contribution in [2.75, 3.05) is 17.7 Å². The second-order valence-corrected chi connectivity index (χ2v) is 8.00. The van der Waals surface area contributed by atoms with Gasteiger partial charge >= 0.3 is 5.97 Å². The lowest BCUT2D eigenvalue weighted by atomic mass is 10.1. The van der Waals surface area contributed by atoms with Crippen molar-refractivity contribution >= 4 is 34.4 Å². The third kappa shape index (κ3) is 5.58. The molecular weight excluding hydrogens is 430 g/mol. The number of nitrogens with zero attached hydrogens (tertiary/aromatic N) is 2. The molecule has 0 unspecified atom stereocenters. The second kappa shape index (κ2) is 10.6. The summed E-state index contributed by atoms with van der Waals surface area (Å²) in [5.74, 6) is 0.313. The molecule has 34 heavy (non-hydrogen) atoms. The van der Waals surface area contributed by atoms with E-state index < -0.39 is 0 Å². The minimum Gasteiger partial charge on any atom is -0.469 e. The predicted octanol–water partition coefficient (Wildman–Crippen LogP) is 5.08. The predicted molar refractivity (Wildman–Crippen MR) is 132 cm³/mol. The van der Waals surface area contributed by atoms with E-state index in [0.717, 1.165) is 28.1 Å². The van der Waals surface area contributed by atoms with Crippen molar-refractivity contribution in [2.24, 2.45) is 0 Å². The zero-order chi connectivity index (χ0) is 23.9. The van der Waals surface area contributed by atoms with E-state index in [9.17, 15) is 9.59 Å². The molecule has 0 saturated carbocycles. The van der Waals surface area contributed by atoms with E-state index >= 15 is 0 Å². The molecule has 0 spiro atoms. The lowest BCUT2D eigenvalue weighted by Gasteiger charge is -2.15. The van der Waals surface area contributed by atoms with Crippen molar-refractivity contribution in [3.05, 3.63) is 72.6 Å². The molecule has 0 aliphatic heterocycles. The maximum Gasteiger partial charge on any atom is 0.305 e. The van der Waals surface area contributed by atoms with Crippen LogP contribution in [0.2, 0.25) is 0 Å². The molecule has 2 heterocycles. The number of hydrogen-bond acceptors (Lipinski definition) is 6. The zero-order valence-corrected chi connectivity index (χ0v) is 19.2. The number of fused-ring (bicyclic) bond motifs is 1. The van der Waals surface area contributed by atoms with Crippen molar-refractivity contribution in [1.29, 1.82) is 0 Å². The SMILES string of the molecule is COC(=O)CCCC(=O)Nc1ccc(-c2cc3c(N[C@H](C)c4ccccc4)ncnc3[nH]2)cc1. The fourth-order valence-corrected chi connectivity index (χ4v) is 3.69. The van der Waals surface area contributed by atoms with Gasteiger partial charge in [-0.05, 0) is 42.7 Å². The number of anilines is 2. The Labute approximate surface area is 197 Å². The molecule has 0 radical (unpaired) electrons. The van der Waals surface area contributed by atoms with Gasteiger partial charge in [-0.2, -0.15) is 0 Å². The topological polar surface area (TPSA) is 109 Å². The Hall–Kier alpha value is -4.20. The number of carbonyl (C=O) groups is 2. The van der Waals surface area contributed by atoms with Crippen LogP contribution < -0.4 is 10.6 Å². The van der Waals surface area contributed by atoms with E-state index in [1.165, 1.54) is 12.7 Å². The highest BCUT2D eigenvalue weighted by Crippen LogP contribution is 2.29. The average Bonchev–Trinajstić information content (AvgIpc) is 3.30. The first kappa shape index (κ1) is 23.0. The standard InChI is InChI=1S/C26H27N5O3/c1-17(18-7-4-3-5-8-18)29-25-21-15-22(31-26(21)28-16-27-25)19-11-13-20(14-12-19)30-23(32)9-6-10-24(33)34-2/h3-5,7-8,11-17H,6,9-10H2,1-2H3,(H,30,32)(H2,27,28,29,31)/t17-/m1/s1. The summed E-state index contributed by atoms with van der Waals surface area (Å²) in [5, 5.41) is 7.23. The first-order valence-corrected chi connectivity index (χ1v) is 11.2. The van der Waals surface area contributed by atoms with Gasteiger partial charge in [-0.25, -0.2) is 9.97 Å². The summed E-state index contributed by atoms with van der Waals surface area (Å²) in [5.41, 5.74) is 4.48. The highest BCUT2D eigenvalue weighted by molar-refractivity contribution is 5.93. The monoisotopic (exact) mass is 457 g/mol. The van der Waals surface area contributed by atoms with E-state index in [2.05, 4.69) is 49.4 Å². The smallest absolute Gasteiger partial charge is 0.305 e. The van der Waals surface area contributed by atoms with E-state index in [0.29, 0.717) is 12.1 Å². The summed E-state index contributed by atoms with van der Waals surface area (Å²) >= 11 is 0. The summed E-state index contributed by atoms with van der Waals surface area (Å²) in [4.78, 5) is 35.4. The number of nitrogens with one attached hydrogen (secondary N) is 3. The van der Waals surface area contributed by atoms with Crippen molar-refractivity contribution < 1.29 is 14.3 Å². The number of esters is 1. The summed E-state index contributed by atoms with van der Waals surface area (Å²) in [6.07, 6.45) is 2.48. The number of rotatable bonds is 9. The van der Waals surface area contributed by atoms with Crippen LogP contribution in [0.1, 0.15) is 37.8 Å². The van der Waals surface area contributed by atoms with Crippen LogP contribution >= 0.6 is 0 Å². The Balaban J connectivity index is 1.44. The molecule has 0 bridgehead atoms. The van der Waals surface area contributed by atoms with E-state index in [-0.39, 0.29) is 30.8 Å². The van der Waals surface area contributed by atoms with Gasteiger partial charge in [0.2, 0.25) is 5.91 Å². The first-order valence-electron chi connectivity index (χ1n) is 11.2. The van der Waals surface area contributed by atoms with Crippen LogP contribution in [0.3, 0.4) is 0 Å². The number of ether oxygens (including phenoxy) is 1. The molecule has 2 aromatic heterocycles. The van der Waals surface area contributed by atoms with Crippen LogP contribution in [0, 0.1) is 0 Å². The van der Waals surface area contributed by atoms with Crippen molar-refractivity contribution in [2.45, 2.75) is 32.2 Å². The molecule has 1 amide bonds. The molecule has 8 nitrogen and oxygen atoms in total. The lowest BCUT2D eigenvalue weighted by molar-refractivity contribution is -0.140. The van der Waals surface area contributed by atoms with Crippen LogP contribution in [0.4, 0.5) is 11.5 Å². The number of amides is 1. The van der Waals surface area contributed by atoms with Crippen LogP contribution in [0.15, 0.2) is 67.0 Å². The lowest BCUT2D eigenvalue weighted by Crippen LogP contribution is -2.12. The fourth-order valence-electron chi connectivity index (χ4n) is 3.69. The largest absolute Gasteiger partial charge is 0.469 e. The first-order chi connectivity index (χ1) is 16.5. The fraction of sp³-hybridized carbons (Fsp3) is 0.231. The highest BCUT2D eigenvalue weighted by atomic mass is 16.5. The van der Waals surface area contributed by atoms with Gasteiger partial charge in [0.05, 0.1) is 12.5 Å². The maximum atomic E-state index is 12.1. The summed E-state index contributed by atoms with van der Waals surface area (Å²) in [7, 11) is 1.34. The number of carbonyl (C=O) groups excluding carboxylic acids is 2. The number of hydrogen-bond donors (Lipinski definition) is 3.